The fourth-order valence-corrected chi connectivity index (χ4v) is 1.48. The summed E-state index contributed by atoms with van der Waals surface area (Å²) >= 11 is 3.38. The highest BCUT2D eigenvalue weighted by atomic mass is 79.9. The Morgan fingerprint density at radius 2 is 2.31 bits per heavy atom. The molecule has 2 aromatic rings. The van der Waals surface area contributed by atoms with Crippen LogP contribution in [0, 0.1) is 6.92 Å². The van der Waals surface area contributed by atoms with Gasteiger partial charge in [-0.1, -0.05) is 15.9 Å². The maximum Gasteiger partial charge on any atom is 0.258 e. The third-order valence-electron chi connectivity index (χ3n) is 2.07. The van der Waals surface area contributed by atoms with E-state index in [0.29, 0.717) is 11.5 Å². The number of nitrogens with zero attached hydrogens (tertiary/aromatic N) is 2. The monoisotopic (exact) mass is 280 g/mol. The molecule has 0 aliphatic carbocycles. The first kappa shape index (κ1) is 10.8. The SMILES string of the molecule is Cc1cc(C(=O)Nc2ncn[nH]2)ccc1Br. The van der Waals surface area contributed by atoms with Gasteiger partial charge in [0.15, 0.2) is 0 Å². The molecule has 82 valence electrons. The van der Waals surface area contributed by atoms with Crippen LogP contribution in [0.4, 0.5) is 5.95 Å². The minimum atomic E-state index is -0.215. The van der Waals surface area contributed by atoms with Gasteiger partial charge in [0.05, 0.1) is 0 Å². The Balaban J connectivity index is 2.18. The molecule has 0 spiro atoms. The molecule has 2 N–H and O–H groups in total. The van der Waals surface area contributed by atoms with Crippen LogP contribution in [0.15, 0.2) is 29.0 Å². The molecule has 0 bridgehead atoms. The molecule has 1 aromatic heterocycles. The number of rotatable bonds is 2. The lowest BCUT2D eigenvalue weighted by Gasteiger charge is -2.03. The minimum Gasteiger partial charge on any atom is -0.291 e. The van der Waals surface area contributed by atoms with E-state index in [9.17, 15) is 4.79 Å². The molecule has 1 aromatic carbocycles. The second-order valence-electron chi connectivity index (χ2n) is 3.25. The summed E-state index contributed by atoms with van der Waals surface area (Å²) in [5.41, 5.74) is 1.59. The van der Waals surface area contributed by atoms with Crippen LogP contribution >= 0.6 is 15.9 Å². The Morgan fingerprint density at radius 1 is 1.50 bits per heavy atom. The standard InChI is InChI=1S/C10H9BrN4O/c1-6-4-7(2-3-8(6)11)9(16)14-10-12-5-13-15-10/h2-5H,1H3,(H2,12,13,14,15,16). The molecule has 2 rings (SSSR count). The van der Waals surface area contributed by atoms with Gasteiger partial charge in [-0.25, -0.2) is 5.10 Å². The highest BCUT2D eigenvalue weighted by Crippen LogP contribution is 2.17. The molecular formula is C10H9BrN4O. The topological polar surface area (TPSA) is 70.7 Å². The molecule has 16 heavy (non-hydrogen) atoms. The van der Waals surface area contributed by atoms with Gasteiger partial charge in [-0.3, -0.25) is 10.1 Å². The number of hydrogen-bond acceptors (Lipinski definition) is 3. The van der Waals surface area contributed by atoms with E-state index in [2.05, 4.69) is 36.4 Å². The molecule has 5 nitrogen and oxygen atoms in total. The summed E-state index contributed by atoms with van der Waals surface area (Å²) in [4.78, 5) is 15.6. The highest BCUT2D eigenvalue weighted by Gasteiger charge is 2.08. The number of hydrogen-bond donors (Lipinski definition) is 2. The van der Waals surface area contributed by atoms with Crippen molar-refractivity contribution in [2.24, 2.45) is 0 Å². The molecule has 0 unspecified atom stereocenters. The summed E-state index contributed by atoms with van der Waals surface area (Å²) in [6.07, 6.45) is 1.34. The van der Waals surface area contributed by atoms with E-state index in [4.69, 9.17) is 0 Å². The Bertz CT molecular complexity index is 510. The summed E-state index contributed by atoms with van der Waals surface area (Å²) < 4.78 is 0.976. The van der Waals surface area contributed by atoms with Crippen molar-refractivity contribution in [1.82, 2.24) is 15.2 Å². The first-order chi connectivity index (χ1) is 7.66. The van der Waals surface area contributed by atoms with Crippen LogP contribution in [0.3, 0.4) is 0 Å². The lowest BCUT2D eigenvalue weighted by Crippen LogP contribution is -2.13. The molecule has 6 heteroatoms. The Labute approximate surface area is 100 Å². The number of carbonyl (C=O) groups is 1. The Hall–Kier alpha value is -1.69. The molecule has 1 heterocycles. The smallest absolute Gasteiger partial charge is 0.258 e. The van der Waals surface area contributed by atoms with Crippen molar-refractivity contribution in [2.45, 2.75) is 6.92 Å². The van der Waals surface area contributed by atoms with Crippen LogP contribution < -0.4 is 5.32 Å². The number of amides is 1. The molecule has 0 aliphatic rings. The molecule has 0 atom stereocenters. The molecule has 0 saturated heterocycles. The van der Waals surface area contributed by atoms with Gasteiger partial charge in [0.1, 0.15) is 6.33 Å². The van der Waals surface area contributed by atoms with E-state index >= 15 is 0 Å². The number of nitrogens with one attached hydrogen (secondary N) is 2. The molecule has 0 fully saturated rings. The summed E-state index contributed by atoms with van der Waals surface area (Å²) in [5, 5.41) is 8.81. The van der Waals surface area contributed by atoms with Crippen molar-refractivity contribution in [3.05, 3.63) is 40.1 Å². The van der Waals surface area contributed by atoms with E-state index in [1.165, 1.54) is 6.33 Å². The fourth-order valence-electron chi connectivity index (χ4n) is 1.23. The van der Waals surface area contributed by atoms with Gasteiger partial charge < -0.3 is 0 Å². The van der Waals surface area contributed by atoms with Gasteiger partial charge in [0.25, 0.3) is 5.91 Å². The lowest BCUT2D eigenvalue weighted by molar-refractivity contribution is 0.102. The zero-order chi connectivity index (χ0) is 11.5. The first-order valence-electron chi connectivity index (χ1n) is 4.59. The van der Waals surface area contributed by atoms with Crippen LogP contribution in [-0.4, -0.2) is 21.1 Å². The van der Waals surface area contributed by atoms with E-state index in [1.807, 2.05) is 13.0 Å². The average Bonchev–Trinajstić information content (AvgIpc) is 2.74. The minimum absolute atomic E-state index is 0.215. The fraction of sp³-hybridized carbons (Fsp3) is 0.100. The van der Waals surface area contributed by atoms with Crippen molar-refractivity contribution in [1.29, 1.82) is 0 Å². The molecule has 0 saturated carbocycles. The summed E-state index contributed by atoms with van der Waals surface area (Å²) in [7, 11) is 0. The second kappa shape index (κ2) is 4.44. The van der Waals surface area contributed by atoms with Gasteiger partial charge >= 0.3 is 0 Å². The van der Waals surface area contributed by atoms with Crippen molar-refractivity contribution in [3.8, 4) is 0 Å². The van der Waals surface area contributed by atoms with Gasteiger partial charge in [-0.15, -0.1) is 0 Å². The molecule has 1 amide bonds. The van der Waals surface area contributed by atoms with Gasteiger partial charge in [0.2, 0.25) is 5.95 Å². The number of aromatic amines is 1. The van der Waals surface area contributed by atoms with Gasteiger partial charge in [-0.05, 0) is 30.7 Å². The summed E-state index contributed by atoms with van der Waals surface area (Å²) in [5.74, 6) is 0.123. The zero-order valence-electron chi connectivity index (χ0n) is 8.49. The van der Waals surface area contributed by atoms with Crippen molar-refractivity contribution < 1.29 is 4.79 Å². The largest absolute Gasteiger partial charge is 0.291 e. The van der Waals surface area contributed by atoms with E-state index in [1.54, 1.807) is 12.1 Å². The third kappa shape index (κ3) is 2.27. The molecule has 0 radical (unpaired) electrons. The number of aromatic nitrogens is 3. The maximum atomic E-state index is 11.8. The van der Waals surface area contributed by atoms with Crippen LogP contribution in [-0.2, 0) is 0 Å². The van der Waals surface area contributed by atoms with Crippen molar-refractivity contribution in [2.75, 3.05) is 5.32 Å². The normalized spacial score (nSPS) is 10.1. The maximum absolute atomic E-state index is 11.8. The number of aryl methyl sites for hydroxylation is 1. The number of anilines is 1. The zero-order valence-corrected chi connectivity index (χ0v) is 10.1. The van der Waals surface area contributed by atoms with Crippen molar-refractivity contribution >= 4 is 27.8 Å². The number of carbonyl (C=O) groups excluding carboxylic acids is 1. The Morgan fingerprint density at radius 3 is 2.94 bits per heavy atom. The predicted molar refractivity (Wildman–Crippen MR) is 63.2 cm³/mol. The van der Waals surface area contributed by atoms with Crippen LogP contribution in [0.1, 0.15) is 15.9 Å². The van der Waals surface area contributed by atoms with E-state index in [0.717, 1.165) is 10.0 Å². The van der Waals surface area contributed by atoms with Crippen LogP contribution in [0.5, 0.6) is 0 Å². The number of H-pyrrole nitrogens is 1. The summed E-state index contributed by atoms with van der Waals surface area (Å²) in [6.45, 7) is 1.93. The third-order valence-corrected chi connectivity index (χ3v) is 2.96. The van der Waals surface area contributed by atoms with Crippen LogP contribution in [0.25, 0.3) is 0 Å². The van der Waals surface area contributed by atoms with Gasteiger partial charge in [0, 0.05) is 10.0 Å². The number of benzene rings is 1. The lowest BCUT2D eigenvalue weighted by atomic mass is 10.1. The van der Waals surface area contributed by atoms with Crippen LogP contribution in [0.2, 0.25) is 0 Å². The van der Waals surface area contributed by atoms with Crippen molar-refractivity contribution in [3.63, 3.8) is 0 Å². The second-order valence-corrected chi connectivity index (χ2v) is 4.11. The Kier molecular flexibility index (Phi) is 3.00. The first-order valence-corrected chi connectivity index (χ1v) is 5.39. The van der Waals surface area contributed by atoms with E-state index in [-0.39, 0.29) is 5.91 Å². The van der Waals surface area contributed by atoms with Gasteiger partial charge in [-0.2, -0.15) is 10.1 Å². The molecule has 0 aliphatic heterocycles. The summed E-state index contributed by atoms with van der Waals surface area (Å²) in [6, 6.07) is 5.38. The molecular weight excluding hydrogens is 272 g/mol. The predicted octanol–water partition coefficient (Wildman–Crippen LogP) is 2.13. The van der Waals surface area contributed by atoms with E-state index < -0.39 is 0 Å². The number of halogens is 1. The average molecular weight is 281 g/mol. The quantitative estimate of drug-likeness (QED) is 0.885. The highest BCUT2D eigenvalue weighted by molar-refractivity contribution is 9.10.